The molecule has 2 bridgehead atoms. The number of ether oxygens (including phenoxy) is 2. The quantitative estimate of drug-likeness (QED) is 0.500. The minimum Gasteiger partial charge on any atom is -0.393 e. The summed E-state index contributed by atoms with van der Waals surface area (Å²) >= 11 is 0. The van der Waals surface area contributed by atoms with Crippen molar-refractivity contribution in [3.05, 3.63) is 0 Å². The van der Waals surface area contributed by atoms with Crippen molar-refractivity contribution >= 4 is 0 Å². The third-order valence-electron chi connectivity index (χ3n) is 14.2. The Kier molecular flexibility index (Phi) is 4.32. The SMILES string of the molecule is CC1CC2O[C@]3(OC2C(C)(C)O)C(O)[C@@]2(C)C4CCC5C(C)(C)C(O)CC[C@@]56C[C@@]46CC[C@]2(C)C13. The van der Waals surface area contributed by atoms with Crippen LogP contribution >= 0.6 is 0 Å². The van der Waals surface area contributed by atoms with Crippen molar-refractivity contribution in [3.63, 3.8) is 0 Å². The number of aliphatic hydroxyl groups excluding tert-OH is 2. The molecule has 3 spiro atoms. The molecule has 7 aliphatic rings. The van der Waals surface area contributed by atoms with E-state index >= 15 is 0 Å². The number of hydrogen-bond donors (Lipinski definition) is 3. The summed E-state index contributed by atoms with van der Waals surface area (Å²) < 4.78 is 13.6. The Morgan fingerprint density at radius 2 is 1.51 bits per heavy atom. The van der Waals surface area contributed by atoms with Gasteiger partial charge in [-0.2, -0.15) is 0 Å². The zero-order chi connectivity index (χ0) is 25.2. The summed E-state index contributed by atoms with van der Waals surface area (Å²) in [5.74, 6) is 0.523. The zero-order valence-electron chi connectivity index (χ0n) is 22.9. The maximum Gasteiger partial charge on any atom is 0.199 e. The van der Waals surface area contributed by atoms with Gasteiger partial charge in [-0.3, -0.25) is 0 Å². The molecule has 2 heterocycles. The van der Waals surface area contributed by atoms with Crippen LogP contribution in [0.3, 0.4) is 0 Å². The fraction of sp³-hybridized carbons (Fsp3) is 1.00. The molecule has 5 heteroatoms. The summed E-state index contributed by atoms with van der Waals surface area (Å²) in [6, 6.07) is 0. The van der Waals surface area contributed by atoms with E-state index in [2.05, 4.69) is 34.6 Å². The van der Waals surface area contributed by atoms with E-state index in [9.17, 15) is 15.3 Å². The van der Waals surface area contributed by atoms with Gasteiger partial charge in [0.2, 0.25) is 0 Å². The van der Waals surface area contributed by atoms with Crippen LogP contribution in [0.2, 0.25) is 0 Å². The molecule has 0 radical (unpaired) electrons. The molecule has 2 aliphatic heterocycles. The molecule has 198 valence electrons. The van der Waals surface area contributed by atoms with Gasteiger partial charge in [0, 0.05) is 11.3 Å². The average molecular weight is 489 g/mol. The molecule has 0 aromatic carbocycles. The van der Waals surface area contributed by atoms with Crippen LogP contribution < -0.4 is 0 Å². The van der Waals surface area contributed by atoms with Crippen LogP contribution in [-0.2, 0) is 9.47 Å². The summed E-state index contributed by atoms with van der Waals surface area (Å²) in [5.41, 5.74) is -0.788. The summed E-state index contributed by atoms with van der Waals surface area (Å²) in [6.45, 7) is 15.4. The molecule has 0 aromatic rings. The van der Waals surface area contributed by atoms with Gasteiger partial charge in [-0.05, 0) is 105 Å². The van der Waals surface area contributed by atoms with Gasteiger partial charge in [-0.1, -0.05) is 34.6 Å². The summed E-state index contributed by atoms with van der Waals surface area (Å²) in [4.78, 5) is 0. The van der Waals surface area contributed by atoms with Crippen LogP contribution in [0.5, 0.6) is 0 Å². The van der Waals surface area contributed by atoms with Gasteiger partial charge in [-0.15, -0.1) is 0 Å². The summed E-state index contributed by atoms with van der Waals surface area (Å²) in [5, 5.41) is 34.4. The van der Waals surface area contributed by atoms with E-state index in [1.54, 1.807) is 0 Å². The predicted molar refractivity (Wildman–Crippen MR) is 132 cm³/mol. The van der Waals surface area contributed by atoms with Crippen LogP contribution in [0.4, 0.5) is 0 Å². The Morgan fingerprint density at radius 1 is 0.857 bits per heavy atom. The lowest BCUT2D eigenvalue weighted by molar-refractivity contribution is -0.282. The highest BCUT2D eigenvalue weighted by atomic mass is 16.8. The fourth-order valence-electron chi connectivity index (χ4n) is 12.7. The van der Waals surface area contributed by atoms with Gasteiger partial charge in [-0.25, -0.2) is 0 Å². The lowest BCUT2D eigenvalue weighted by Gasteiger charge is -2.63. The first-order valence-corrected chi connectivity index (χ1v) is 14.6. The normalized spacial score (nSPS) is 63.9. The summed E-state index contributed by atoms with van der Waals surface area (Å²) in [6.07, 6.45) is 7.36. The Hall–Kier alpha value is -0.200. The second-order valence-corrected chi connectivity index (χ2v) is 15.9. The standard InChI is InChI=1S/C30H48O5/c1-16-14-17-22(25(4,5)33)35-30(34-17)21(16)26(6)12-13-29-15-28(29)11-10-20(31)24(2,3)18(28)8-9-19(29)27(26,7)23(30)32/h16-23,31-33H,8-15H2,1-7H3/t16?,17?,18?,19?,20?,21?,22?,23?,26-,27-,28-,29+,30-/m1/s1. The molecule has 5 nitrogen and oxygen atoms in total. The minimum absolute atomic E-state index is 0.0331. The molecule has 13 atom stereocenters. The topological polar surface area (TPSA) is 79.2 Å². The smallest absolute Gasteiger partial charge is 0.199 e. The lowest BCUT2D eigenvalue weighted by Crippen LogP contribution is -2.60. The van der Waals surface area contributed by atoms with Gasteiger partial charge >= 0.3 is 0 Å². The van der Waals surface area contributed by atoms with E-state index in [0.717, 1.165) is 38.5 Å². The monoisotopic (exact) mass is 488 g/mol. The third kappa shape index (κ3) is 2.30. The molecule has 7 rings (SSSR count). The van der Waals surface area contributed by atoms with Crippen molar-refractivity contribution < 1.29 is 24.8 Å². The van der Waals surface area contributed by atoms with Gasteiger partial charge in [0.15, 0.2) is 5.79 Å². The molecule has 5 saturated carbocycles. The molecule has 35 heavy (non-hydrogen) atoms. The van der Waals surface area contributed by atoms with Crippen molar-refractivity contribution in [1.82, 2.24) is 0 Å². The Balaban J connectivity index is 1.33. The molecule has 0 amide bonds. The molecule has 3 N–H and O–H groups in total. The van der Waals surface area contributed by atoms with Crippen molar-refractivity contribution in [2.75, 3.05) is 0 Å². The van der Waals surface area contributed by atoms with Crippen molar-refractivity contribution in [2.45, 2.75) is 136 Å². The second-order valence-electron chi connectivity index (χ2n) is 15.9. The molecule has 5 aliphatic carbocycles. The highest BCUT2D eigenvalue weighted by Gasteiger charge is 2.88. The van der Waals surface area contributed by atoms with Gasteiger partial charge in [0.1, 0.15) is 12.2 Å². The predicted octanol–water partition coefficient (Wildman–Crippen LogP) is 4.66. The highest BCUT2D eigenvalue weighted by Crippen LogP contribution is 2.90. The number of aliphatic hydroxyl groups is 3. The lowest BCUT2D eigenvalue weighted by atomic mass is 9.41. The Labute approximate surface area is 211 Å². The minimum atomic E-state index is -1.01. The van der Waals surface area contributed by atoms with E-state index in [0.29, 0.717) is 23.2 Å². The molecule has 7 fully saturated rings. The largest absolute Gasteiger partial charge is 0.393 e. The van der Waals surface area contributed by atoms with E-state index in [4.69, 9.17) is 9.47 Å². The maximum atomic E-state index is 12.5. The third-order valence-corrected chi connectivity index (χ3v) is 14.2. The van der Waals surface area contributed by atoms with Gasteiger partial charge in [0.25, 0.3) is 0 Å². The number of fused-ring (bicyclic) bond motifs is 4. The Morgan fingerprint density at radius 3 is 2.20 bits per heavy atom. The molecule has 0 aromatic heterocycles. The van der Waals surface area contributed by atoms with Crippen LogP contribution in [-0.4, -0.2) is 51.1 Å². The second kappa shape index (κ2) is 6.33. The van der Waals surface area contributed by atoms with Gasteiger partial charge < -0.3 is 24.8 Å². The van der Waals surface area contributed by atoms with Crippen molar-refractivity contribution in [1.29, 1.82) is 0 Å². The van der Waals surface area contributed by atoms with E-state index in [-0.39, 0.29) is 39.8 Å². The molecule has 2 saturated heterocycles. The first kappa shape index (κ1) is 23.9. The Bertz CT molecular complexity index is 957. The fourth-order valence-corrected chi connectivity index (χ4v) is 12.7. The van der Waals surface area contributed by atoms with E-state index in [1.807, 2.05) is 13.8 Å². The zero-order valence-corrected chi connectivity index (χ0v) is 22.9. The van der Waals surface area contributed by atoms with Crippen LogP contribution in [0, 0.1) is 50.7 Å². The maximum absolute atomic E-state index is 12.5. The van der Waals surface area contributed by atoms with Crippen LogP contribution in [0.25, 0.3) is 0 Å². The van der Waals surface area contributed by atoms with Crippen molar-refractivity contribution in [3.8, 4) is 0 Å². The highest BCUT2D eigenvalue weighted by molar-refractivity contribution is 5.34. The van der Waals surface area contributed by atoms with Crippen molar-refractivity contribution in [2.24, 2.45) is 50.7 Å². The van der Waals surface area contributed by atoms with E-state index in [1.165, 1.54) is 12.8 Å². The number of rotatable bonds is 1. The molecular weight excluding hydrogens is 440 g/mol. The van der Waals surface area contributed by atoms with Crippen LogP contribution in [0.15, 0.2) is 0 Å². The first-order valence-electron chi connectivity index (χ1n) is 14.6. The average Bonchev–Trinajstić information content (AvgIpc) is 3.28. The molecule has 8 unspecified atom stereocenters. The van der Waals surface area contributed by atoms with Crippen LogP contribution in [0.1, 0.15) is 99.8 Å². The van der Waals surface area contributed by atoms with Gasteiger partial charge in [0.05, 0.1) is 17.8 Å². The van der Waals surface area contributed by atoms with E-state index < -0.39 is 23.6 Å². The number of hydrogen-bond acceptors (Lipinski definition) is 5. The summed E-state index contributed by atoms with van der Waals surface area (Å²) in [7, 11) is 0. The molecular formula is C30H48O5. The first-order chi connectivity index (χ1) is 16.1.